The first kappa shape index (κ1) is 11.1. The Morgan fingerprint density at radius 2 is 1.72 bits per heavy atom. The minimum Gasteiger partial charge on any atom is -0.382 e. The van der Waals surface area contributed by atoms with Gasteiger partial charge in [-0.2, -0.15) is 0 Å². The molecule has 0 saturated carbocycles. The van der Waals surface area contributed by atoms with Crippen molar-refractivity contribution in [3.05, 3.63) is 60.2 Å². The van der Waals surface area contributed by atoms with Crippen LogP contribution in [-0.4, -0.2) is 6.04 Å². The van der Waals surface area contributed by atoms with Crippen LogP contribution in [0.25, 0.3) is 0 Å². The van der Waals surface area contributed by atoms with Gasteiger partial charge in [-0.15, -0.1) is 0 Å². The average molecular weight is 238 g/mol. The van der Waals surface area contributed by atoms with Crippen LogP contribution in [0.3, 0.4) is 0 Å². The van der Waals surface area contributed by atoms with Crippen LogP contribution in [0.2, 0.25) is 0 Å². The van der Waals surface area contributed by atoms with Gasteiger partial charge in [0.05, 0.1) is 6.04 Å². The Balaban J connectivity index is 1.89. The van der Waals surface area contributed by atoms with Crippen LogP contribution in [0, 0.1) is 0 Å². The van der Waals surface area contributed by atoms with Gasteiger partial charge >= 0.3 is 0 Å². The molecule has 0 aliphatic carbocycles. The highest BCUT2D eigenvalue weighted by molar-refractivity contribution is 5.58. The summed E-state index contributed by atoms with van der Waals surface area (Å²) in [4.78, 5) is 0. The first-order valence-corrected chi connectivity index (χ1v) is 6.50. The Hall–Kier alpha value is -1.96. The van der Waals surface area contributed by atoms with E-state index in [1.54, 1.807) is 0 Å². The smallest absolute Gasteiger partial charge is 0.0553 e. The van der Waals surface area contributed by atoms with Crippen LogP contribution in [0.5, 0.6) is 0 Å². The Morgan fingerprint density at radius 3 is 2.56 bits per heavy atom. The predicted molar refractivity (Wildman–Crippen MR) is 76.9 cm³/mol. The van der Waals surface area contributed by atoms with Crippen molar-refractivity contribution in [1.29, 1.82) is 0 Å². The van der Waals surface area contributed by atoms with Gasteiger partial charge < -0.3 is 10.6 Å². The molecule has 18 heavy (non-hydrogen) atoms. The molecule has 0 spiro atoms. The second kappa shape index (κ2) is 4.73. The fourth-order valence-corrected chi connectivity index (χ4v) is 2.61. The van der Waals surface area contributed by atoms with E-state index in [0.717, 1.165) is 6.42 Å². The maximum atomic E-state index is 3.63. The van der Waals surface area contributed by atoms with Gasteiger partial charge in [0, 0.05) is 17.4 Å². The zero-order chi connectivity index (χ0) is 12.4. The molecule has 2 nitrogen and oxygen atoms in total. The number of nitrogens with one attached hydrogen (secondary N) is 2. The van der Waals surface area contributed by atoms with Gasteiger partial charge in [-0.05, 0) is 37.1 Å². The van der Waals surface area contributed by atoms with Gasteiger partial charge in [-0.3, -0.25) is 0 Å². The topological polar surface area (TPSA) is 24.1 Å². The average Bonchev–Trinajstić information content (AvgIpc) is 2.40. The summed E-state index contributed by atoms with van der Waals surface area (Å²) < 4.78 is 0. The second-order valence-corrected chi connectivity index (χ2v) is 4.93. The summed E-state index contributed by atoms with van der Waals surface area (Å²) in [5.74, 6) is 0. The predicted octanol–water partition coefficient (Wildman–Crippen LogP) is 4.04. The SMILES string of the molecule is C[C@@H]1C[C@H](Nc2ccccc2)c2ccccc2N1. The quantitative estimate of drug-likeness (QED) is 0.825. The standard InChI is InChI=1S/C16H18N2/c1-12-11-16(18-13-7-3-2-4-8-13)14-9-5-6-10-15(14)17-12/h2-10,12,16-18H,11H2,1H3/t12-,16+/m1/s1. The number of benzene rings is 2. The van der Waals surface area contributed by atoms with Crippen LogP contribution < -0.4 is 10.6 Å². The first-order chi connectivity index (χ1) is 8.83. The van der Waals surface area contributed by atoms with Crippen LogP contribution in [0.1, 0.15) is 24.9 Å². The molecule has 2 aromatic rings. The molecule has 0 amide bonds. The molecule has 0 saturated heterocycles. The summed E-state index contributed by atoms with van der Waals surface area (Å²) in [6.45, 7) is 2.23. The maximum Gasteiger partial charge on any atom is 0.0553 e. The van der Waals surface area contributed by atoms with E-state index in [-0.39, 0.29) is 0 Å². The zero-order valence-electron chi connectivity index (χ0n) is 10.6. The number of hydrogen-bond donors (Lipinski definition) is 2. The summed E-state index contributed by atoms with van der Waals surface area (Å²) in [5.41, 5.74) is 3.80. The molecule has 2 N–H and O–H groups in total. The largest absolute Gasteiger partial charge is 0.382 e. The molecule has 2 heteroatoms. The van der Waals surface area contributed by atoms with Crippen molar-refractivity contribution in [3.63, 3.8) is 0 Å². The van der Waals surface area contributed by atoms with Gasteiger partial charge in [-0.25, -0.2) is 0 Å². The van der Waals surface area contributed by atoms with Gasteiger partial charge in [0.15, 0.2) is 0 Å². The molecule has 1 aliphatic heterocycles. The molecule has 0 aromatic heterocycles. The number of para-hydroxylation sites is 2. The van der Waals surface area contributed by atoms with E-state index in [4.69, 9.17) is 0 Å². The lowest BCUT2D eigenvalue weighted by atomic mass is 9.93. The van der Waals surface area contributed by atoms with Crippen molar-refractivity contribution in [3.8, 4) is 0 Å². The molecular formula is C16H18N2. The summed E-state index contributed by atoms with van der Waals surface area (Å²) in [6, 6.07) is 19.9. The Kier molecular flexibility index (Phi) is 2.93. The van der Waals surface area contributed by atoms with E-state index in [2.05, 4.69) is 66.1 Å². The van der Waals surface area contributed by atoms with Crippen molar-refractivity contribution in [1.82, 2.24) is 0 Å². The maximum absolute atomic E-state index is 3.63. The third kappa shape index (κ3) is 2.19. The number of hydrogen-bond acceptors (Lipinski definition) is 2. The van der Waals surface area contributed by atoms with Crippen LogP contribution >= 0.6 is 0 Å². The lowest BCUT2D eigenvalue weighted by Crippen LogP contribution is -2.28. The van der Waals surface area contributed by atoms with E-state index in [9.17, 15) is 0 Å². The monoisotopic (exact) mass is 238 g/mol. The van der Waals surface area contributed by atoms with E-state index < -0.39 is 0 Å². The molecule has 2 aromatic carbocycles. The summed E-state index contributed by atoms with van der Waals surface area (Å²) in [6.07, 6.45) is 1.10. The number of rotatable bonds is 2. The lowest BCUT2D eigenvalue weighted by molar-refractivity contribution is 0.600. The molecule has 92 valence electrons. The van der Waals surface area contributed by atoms with Gasteiger partial charge in [0.1, 0.15) is 0 Å². The third-order valence-electron chi connectivity index (χ3n) is 3.44. The van der Waals surface area contributed by atoms with E-state index in [0.29, 0.717) is 12.1 Å². The van der Waals surface area contributed by atoms with Crippen molar-refractivity contribution >= 4 is 11.4 Å². The summed E-state index contributed by atoms with van der Waals surface area (Å²) in [5, 5.41) is 7.16. The molecule has 0 unspecified atom stereocenters. The molecule has 1 aliphatic rings. The molecule has 3 rings (SSSR count). The zero-order valence-corrected chi connectivity index (χ0v) is 10.6. The van der Waals surface area contributed by atoms with Crippen molar-refractivity contribution in [2.75, 3.05) is 10.6 Å². The fraction of sp³-hybridized carbons (Fsp3) is 0.250. The third-order valence-corrected chi connectivity index (χ3v) is 3.44. The molecule has 1 heterocycles. The van der Waals surface area contributed by atoms with Crippen LogP contribution in [-0.2, 0) is 0 Å². The van der Waals surface area contributed by atoms with Crippen molar-refractivity contribution in [2.45, 2.75) is 25.4 Å². The molecule has 0 fully saturated rings. The minimum absolute atomic E-state index is 0.389. The fourth-order valence-electron chi connectivity index (χ4n) is 2.61. The summed E-state index contributed by atoms with van der Waals surface area (Å²) in [7, 11) is 0. The molecule has 0 bridgehead atoms. The van der Waals surface area contributed by atoms with Gasteiger partial charge in [0.2, 0.25) is 0 Å². The van der Waals surface area contributed by atoms with Crippen molar-refractivity contribution < 1.29 is 0 Å². The van der Waals surface area contributed by atoms with Gasteiger partial charge in [-0.1, -0.05) is 36.4 Å². The van der Waals surface area contributed by atoms with E-state index >= 15 is 0 Å². The first-order valence-electron chi connectivity index (χ1n) is 6.50. The minimum atomic E-state index is 0.389. The Labute approximate surface area is 108 Å². The Bertz CT molecular complexity index is 522. The Morgan fingerprint density at radius 1 is 1.00 bits per heavy atom. The highest BCUT2D eigenvalue weighted by atomic mass is 15.0. The molecule has 2 atom stereocenters. The van der Waals surface area contributed by atoms with E-state index in [1.165, 1.54) is 16.9 Å². The van der Waals surface area contributed by atoms with Crippen LogP contribution in [0.15, 0.2) is 54.6 Å². The number of anilines is 2. The molecule has 0 radical (unpaired) electrons. The van der Waals surface area contributed by atoms with E-state index in [1.807, 2.05) is 6.07 Å². The second-order valence-electron chi connectivity index (χ2n) is 4.93. The highest BCUT2D eigenvalue weighted by Crippen LogP contribution is 2.34. The van der Waals surface area contributed by atoms with Crippen molar-refractivity contribution in [2.24, 2.45) is 0 Å². The highest BCUT2D eigenvalue weighted by Gasteiger charge is 2.23. The number of fused-ring (bicyclic) bond motifs is 1. The normalized spacial score (nSPS) is 21.8. The molecular weight excluding hydrogens is 220 g/mol. The lowest BCUT2D eigenvalue weighted by Gasteiger charge is -2.32. The van der Waals surface area contributed by atoms with Crippen LogP contribution in [0.4, 0.5) is 11.4 Å². The van der Waals surface area contributed by atoms with Gasteiger partial charge in [0.25, 0.3) is 0 Å². The summed E-state index contributed by atoms with van der Waals surface area (Å²) >= 11 is 0.